The number of nitrogens with zero attached hydrogens (tertiary/aromatic N) is 3. The second kappa shape index (κ2) is 5.76. The number of rotatable bonds is 3. The highest BCUT2D eigenvalue weighted by molar-refractivity contribution is 5.45. The van der Waals surface area contributed by atoms with Crippen molar-refractivity contribution in [1.82, 2.24) is 15.1 Å². The molecule has 1 aromatic rings. The Bertz CT molecular complexity index is 433. The van der Waals surface area contributed by atoms with Gasteiger partial charge in [0.25, 0.3) is 0 Å². The lowest BCUT2D eigenvalue weighted by Gasteiger charge is -2.50. The summed E-state index contributed by atoms with van der Waals surface area (Å²) in [5.74, 6) is 0. The van der Waals surface area contributed by atoms with Crippen LogP contribution in [-0.4, -0.2) is 34.5 Å². The minimum Gasteiger partial charge on any atom is -0.363 e. The Labute approximate surface area is 122 Å². The van der Waals surface area contributed by atoms with Crippen molar-refractivity contribution in [3.05, 3.63) is 12.4 Å². The van der Waals surface area contributed by atoms with E-state index >= 15 is 0 Å². The normalized spacial score (nSPS) is 26.1. The first-order valence-corrected chi connectivity index (χ1v) is 8.30. The molecule has 1 aliphatic carbocycles. The van der Waals surface area contributed by atoms with E-state index in [1.54, 1.807) is 0 Å². The fraction of sp³-hybridized carbons (Fsp3) is 0.812. The van der Waals surface area contributed by atoms with Crippen LogP contribution >= 0.6 is 0 Å². The van der Waals surface area contributed by atoms with Gasteiger partial charge in [-0.2, -0.15) is 5.10 Å². The summed E-state index contributed by atoms with van der Waals surface area (Å²) in [6.07, 6.45) is 12.3. The molecule has 1 unspecified atom stereocenters. The van der Waals surface area contributed by atoms with Gasteiger partial charge in [-0.3, -0.25) is 4.68 Å². The first-order chi connectivity index (χ1) is 9.76. The average molecular weight is 276 g/mol. The molecule has 2 aliphatic rings. The van der Waals surface area contributed by atoms with E-state index in [0.29, 0.717) is 11.6 Å². The number of aryl methyl sites for hydroxylation is 1. The van der Waals surface area contributed by atoms with Gasteiger partial charge in [-0.25, -0.2) is 0 Å². The minimum atomic E-state index is 0.359. The summed E-state index contributed by atoms with van der Waals surface area (Å²) in [6, 6.07) is 0.608. The average Bonchev–Trinajstić information content (AvgIpc) is 2.97. The van der Waals surface area contributed by atoms with Crippen LogP contribution in [0.3, 0.4) is 0 Å². The van der Waals surface area contributed by atoms with E-state index in [1.165, 1.54) is 44.2 Å². The molecule has 3 rings (SSSR count). The minimum absolute atomic E-state index is 0.359. The Kier molecular flexibility index (Phi) is 4.01. The van der Waals surface area contributed by atoms with Crippen LogP contribution < -0.4 is 10.2 Å². The van der Waals surface area contributed by atoms with Crippen LogP contribution in [0.1, 0.15) is 52.4 Å². The van der Waals surface area contributed by atoms with E-state index in [2.05, 4.69) is 35.4 Å². The van der Waals surface area contributed by atoms with E-state index in [0.717, 1.165) is 19.6 Å². The van der Waals surface area contributed by atoms with Crippen LogP contribution in [0.2, 0.25) is 0 Å². The van der Waals surface area contributed by atoms with Gasteiger partial charge < -0.3 is 10.2 Å². The SMILES string of the molecule is CCC1CNC2(CCCCC2)CN1c1cnn(CC)c1. The van der Waals surface area contributed by atoms with Gasteiger partial charge in [-0.1, -0.05) is 26.2 Å². The number of hydrogen-bond donors (Lipinski definition) is 1. The van der Waals surface area contributed by atoms with E-state index < -0.39 is 0 Å². The Morgan fingerprint density at radius 2 is 2.10 bits per heavy atom. The molecule has 1 saturated carbocycles. The van der Waals surface area contributed by atoms with E-state index in [9.17, 15) is 0 Å². The van der Waals surface area contributed by atoms with E-state index in [1.807, 2.05) is 10.9 Å². The molecule has 1 N–H and O–H groups in total. The Hall–Kier alpha value is -1.03. The zero-order valence-electron chi connectivity index (χ0n) is 12.9. The van der Waals surface area contributed by atoms with Crippen LogP contribution in [0.15, 0.2) is 12.4 Å². The molecule has 20 heavy (non-hydrogen) atoms. The molecular weight excluding hydrogens is 248 g/mol. The van der Waals surface area contributed by atoms with Crippen molar-refractivity contribution in [3.8, 4) is 0 Å². The lowest BCUT2D eigenvalue weighted by Crippen LogP contribution is -2.64. The largest absolute Gasteiger partial charge is 0.363 e. The zero-order chi connectivity index (χ0) is 14.0. The quantitative estimate of drug-likeness (QED) is 0.921. The topological polar surface area (TPSA) is 33.1 Å². The van der Waals surface area contributed by atoms with Gasteiger partial charge in [0.15, 0.2) is 0 Å². The highest BCUT2D eigenvalue weighted by Crippen LogP contribution is 2.34. The number of anilines is 1. The lowest BCUT2D eigenvalue weighted by atomic mass is 9.79. The van der Waals surface area contributed by atoms with Gasteiger partial charge in [0.2, 0.25) is 0 Å². The maximum absolute atomic E-state index is 4.47. The van der Waals surface area contributed by atoms with Crippen molar-refractivity contribution in [2.75, 3.05) is 18.0 Å². The number of aromatic nitrogens is 2. The predicted octanol–water partition coefficient (Wildman–Crippen LogP) is 2.79. The second-order valence-electron chi connectivity index (χ2n) is 6.47. The molecule has 1 aliphatic heterocycles. The van der Waals surface area contributed by atoms with E-state index in [4.69, 9.17) is 0 Å². The smallest absolute Gasteiger partial charge is 0.0756 e. The standard InChI is InChI=1S/C16H28N4/c1-3-14-10-17-16(8-6-5-7-9-16)13-20(14)15-11-18-19(4-2)12-15/h11-12,14,17H,3-10,13H2,1-2H3. The van der Waals surface area contributed by atoms with Crippen LogP contribution in [0.4, 0.5) is 5.69 Å². The van der Waals surface area contributed by atoms with Crippen molar-refractivity contribution in [3.63, 3.8) is 0 Å². The monoisotopic (exact) mass is 276 g/mol. The first-order valence-electron chi connectivity index (χ1n) is 8.30. The van der Waals surface area contributed by atoms with E-state index in [-0.39, 0.29) is 0 Å². The second-order valence-corrected chi connectivity index (χ2v) is 6.47. The van der Waals surface area contributed by atoms with Crippen molar-refractivity contribution in [2.45, 2.75) is 70.5 Å². The predicted molar refractivity (Wildman–Crippen MR) is 83.1 cm³/mol. The molecule has 1 saturated heterocycles. The van der Waals surface area contributed by atoms with Crippen LogP contribution in [0, 0.1) is 0 Å². The summed E-state index contributed by atoms with van der Waals surface area (Å²) in [4.78, 5) is 2.61. The zero-order valence-corrected chi connectivity index (χ0v) is 12.9. The molecule has 1 aromatic heterocycles. The van der Waals surface area contributed by atoms with Gasteiger partial charge in [0.05, 0.1) is 11.9 Å². The summed E-state index contributed by atoms with van der Waals surface area (Å²) >= 11 is 0. The Morgan fingerprint density at radius 1 is 1.30 bits per heavy atom. The molecule has 1 atom stereocenters. The van der Waals surface area contributed by atoms with Gasteiger partial charge in [-0.05, 0) is 26.2 Å². The molecule has 0 radical (unpaired) electrons. The fourth-order valence-corrected chi connectivity index (χ4v) is 3.86. The molecule has 4 nitrogen and oxygen atoms in total. The highest BCUT2D eigenvalue weighted by atomic mass is 15.3. The third-order valence-electron chi connectivity index (χ3n) is 5.18. The highest BCUT2D eigenvalue weighted by Gasteiger charge is 2.39. The number of piperazine rings is 1. The third kappa shape index (κ3) is 2.58. The van der Waals surface area contributed by atoms with Gasteiger partial charge >= 0.3 is 0 Å². The molecule has 112 valence electrons. The third-order valence-corrected chi connectivity index (χ3v) is 5.18. The molecule has 0 amide bonds. The molecule has 0 bridgehead atoms. The maximum atomic E-state index is 4.47. The van der Waals surface area contributed by atoms with Gasteiger partial charge in [0, 0.05) is 37.4 Å². The number of nitrogens with one attached hydrogen (secondary N) is 1. The summed E-state index contributed by atoms with van der Waals surface area (Å²) in [5, 5.41) is 8.35. The Balaban J connectivity index is 1.80. The molecular formula is C16H28N4. The summed E-state index contributed by atoms with van der Waals surface area (Å²) in [5.41, 5.74) is 1.67. The molecule has 0 aromatic carbocycles. The van der Waals surface area contributed by atoms with Crippen molar-refractivity contribution in [1.29, 1.82) is 0 Å². The van der Waals surface area contributed by atoms with Crippen molar-refractivity contribution < 1.29 is 0 Å². The molecule has 2 heterocycles. The summed E-state index contributed by atoms with van der Waals surface area (Å²) in [6.45, 7) is 7.67. The van der Waals surface area contributed by atoms with Crippen LogP contribution in [0.5, 0.6) is 0 Å². The van der Waals surface area contributed by atoms with Crippen LogP contribution in [0.25, 0.3) is 0 Å². The van der Waals surface area contributed by atoms with Crippen molar-refractivity contribution in [2.24, 2.45) is 0 Å². The van der Waals surface area contributed by atoms with Gasteiger partial charge in [-0.15, -0.1) is 0 Å². The van der Waals surface area contributed by atoms with Crippen LogP contribution in [-0.2, 0) is 6.54 Å². The number of hydrogen-bond acceptors (Lipinski definition) is 3. The molecule has 4 heteroatoms. The first kappa shape index (κ1) is 13.9. The fourth-order valence-electron chi connectivity index (χ4n) is 3.86. The Morgan fingerprint density at radius 3 is 2.75 bits per heavy atom. The lowest BCUT2D eigenvalue weighted by molar-refractivity contribution is 0.196. The summed E-state index contributed by atoms with van der Waals surface area (Å²) < 4.78 is 2.04. The molecule has 1 spiro atoms. The van der Waals surface area contributed by atoms with Gasteiger partial charge in [0.1, 0.15) is 0 Å². The molecule has 2 fully saturated rings. The summed E-state index contributed by atoms with van der Waals surface area (Å²) in [7, 11) is 0. The maximum Gasteiger partial charge on any atom is 0.0756 e. The van der Waals surface area contributed by atoms with Crippen molar-refractivity contribution >= 4 is 5.69 Å².